The van der Waals surface area contributed by atoms with Crippen molar-refractivity contribution >= 4 is 10.0 Å². The molecule has 2 aromatic rings. The van der Waals surface area contributed by atoms with Gasteiger partial charge in [0.1, 0.15) is 12.4 Å². The second kappa shape index (κ2) is 10.9. The molecule has 34 heavy (non-hydrogen) atoms. The maximum Gasteiger partial charge on any atom is 0.243 e. The highest BCUT2D eigenvalue weighted by Crippen LogP contribution is 2.42. The summed E-state index contributed by atoms with van der Waals surface area (Å²) in [5.41, 5.74) is 2.00. The summed E-state index contributed by atoms with van der Waals surface area (Å²) in [4.78, 5) is 2.54. The predicted molar refractivity (Wildman–Crippen MR) is 130 cm³/mol. The molecule has 1 N–H and O–H groups in total. The van der Waals surface area contributed by atoms with Crippen molar-refractivity contribution in [3.05, 3.63) is 59.7 Å². The van der Waals surface area contributed by atoms with E-state index in [-0.39, 0.29) is 29.5 Å². The van der Waals surface area contributed by atoms with Gasteiger partial charge in [-0.15, -0.1) is 0 Å². The van der Waals surface area contributed by atoms with E-state index in [2.05, 4.69) is 16.7 Å². The number of hydrogen-bond donors (Lipinski definition) is 1. The molecule has 2 heterocycles. The number of ether oxygens (including phenoxy) is 2. The molecule has 2 fully saturated rings. The van der Waals surface area contributed by atoms with Gasteiger partial charge >= 0.3 is 0 Å². The molecule has 3 atom stereocenters. The van der Waals surface area contributed by atoms with Crippen LogP contribution in [0.1, 0.15) is 29.9 Å². The van der Waals surface area contributed by atoms with Gasteiger partial charge in [-0.1, -0.05) is 24.0 Å². The van der Waals surface area contributed by atoms with Crippen LogP contribution >= 0.6 is 0 Å². The van der Waals surface area contributed by atoms with Crippen LogP contribution in [0.4, 0.5) is 0 Å². The van der Waals surface area contributed by atoms with Gasteiger partial charge in [-0.3, -0.25) is 4.90 Å². The van der Waals surface area contributed by atoms with E-state index in [0.717, 1.165) is 30.5 Å². The minimum absolute atomic E-state index is 0.0101. The number of fused-ring (bicyclic) bond motifs is 1. The number of rotatable bonds is 6. The summed E-state index contributed by atoms with van der Waals surface area (Å²) in [6, 6.07) is 14.6. The summed E-state index contributed by atoms with van der Waals surface area (Å²) >= 11 is 0. The van der Waals surface area contributed by atoms with Crippen LogP contribution in [0.15, 0.2) is 53.4 Å². The summed E-state index contributed by atoms with van der Waals surface area (Å²) in [5, 5.41) is 10.1. The van der Waals surface area contributed by atoms with Crippen LogP contribution in [0.25, 0.3) is 0 Å². The van der Waals surface area contributed by atoms with Gasteiger partial charge in [-0.2, -0.15) is 4.31 Å². The van der Waals surface area contributed by atoms with Crippen molar-refractivity contribution < 1.29 is 23.0 Å². The van der Waals surface area contributed by atoms with E-state index in [9.17, 15) is 13.5 Å². The van der Waals surface area contributed by atoms with E-state index >= 15 is 0 Å². The zero-order chi connectivity index (χ0) is 24.1. The average molecular weight is 485 g/mol. The van der Waals surface area contributed by atoms with Gasteiger partial charge in [0.25, 0.3) is 0 Å². The lowest BCUT2D eigenvalue weighted by atomic mass is 9.74. The summed E-state index contributed by atoms with van der Waals surface area (Å²) < 4.78 is 38.7. The largest absolute Gasteiger partial charge is 0.497 e. The molecule has 0 unspecified atom stereocenters. The van der Waals surface area contributed by atoms with E-state index in [1.54, 1.807) is 42.8 Å². The van der Waals surface area contributed by atoms with E-state index < -0.39 is 10.0 Å². The molecule has 2 aliphatic heterocycles. The fraction of sp³-hybridized carbons (Fsp3) is 0.462. The lowest BCUT2D eigenvalue weighted by Gasteiger charge is -2.57. The van der Waals surface area contributed by atoms with Crippen LogP contribution in [-0.4, -0.2) is 81.9 Å². The Hall–Kier alpha value is -2.41. The maximum atomic E-state index is 13.5. The third-order valence-electron chi connectivity index (χ3n) is 6.77. The first-order chi connectivity index (χ1) is 16.5. The molecule has 0 aromatic heterocycles. The highest BCUT2D eigenvalue weighted by Gasteiger charge is 2.50. The van der Waals surface area contributed by atoms with E-state index in [1.165, 1.54) is 0 Å². The molecule has 7 nitrogen and oxygen atoms in total. The number of benzene rings is 2. The van der Waals surface area contributed by atoms with Gasteiger partial charge in [0.05, 0.1) is 18.6 Å². The molecule has 0 saturated carbocycles. The minimum atomic E-state index is -3.64. The number of sulfonamides is 1. The average Bonchev–Trinajstić information content (AvgIpc) is 2.84. The van der Waals surface area contributed by atoms with Crippen molar-refractivity contribution in [1.29, 1.82) is 0 Å². The molecule has 2 aliphatic rings. The quantitative estimate of drug-likeness (QED) is 0.634. The molecule has 0 amide bonds. The first-order valence-electron chi connectivity index (χ1n) is 11.6. The second-order valence-corrected chi connectivity index (χ2v) is 10.6. The number of aliphatic hydroxyl groups excluding tert-OH is 1. The van der Waals surface area contributed by atoms with Gasteiger partial charge in [0, 0.05) is 43.8 Å². The van der Waals surface area contributed by atoms with Gasteiger partial charge in [-0.25, -0.2) is 8.42 Å². The molecule has 182 valence electrons. The molecule has 0 radical (unpaired) electrons. The topological polar surface area (TPSA) is 79.3 Å². The molecule has 0 bridgehead atoms. The van der Waals surface area contributed by atoms with Crippen LogP contribution in [0.3, 0.4) is 0 Å². The first kappa shape index (κ1) is 24.7. The summed E-state index contributed by atoms with van der Waals surface area (Å²) in [5.74, 6) is 6.70. The molecular weight excluding hydrogens is 452 g/mol. The van der Waals surface area contributed by atoms with Crippen molar-refractivity contribution in [3.8, 4) is 17.6 Å². The molecular formula is C26H32N2O5S. The number of aliphatic hydroxyl groups is 1. The van der Waals surface area contributed by atoms with E-state index in [0.29, 0.717) is 25.4 Å². The number of methoxy groups -OCH3 is 2. The first-order valence-corrected chi connectivity index (χ1v) is 13.0. The third kappa shape index (κ3) is 4.99. The fourth-order valence-electron chi connectivity index (χ4n) is 5.02. The Bertz CT molecular complexity index is 1120. The van der Waals surface area contributed by atoms with Crippen LogP contribution in [0.2, 0.25) is 0 Å². The Kier molecular flexibility index (Phi) is 7.91. The Labute approximate surface area is 202 Å². The molecule has 8 heteroatoms. The van der Waals surface area contributed by atoms with Crippen molar-refractivity contribution in [1.82, 2.24) is 9.21 Å². The molecule has 2 saturated heterocycles. The van der Waals surface area contributed by atoms with E-state index in [1.807, 2.05) is 24.3 Å². The standard InChI is InChI=1S/C26H32N2O5S/c1-32-17-5-6-20-7-9-21(10-8-20)26-24-18-27(15-3-4-16-28(24)25(26)19-29)34(30,31)23-13-11-22(33-2)12-14-23/h7-14,24-26,29H,3-4,15-19H2,1-2H3/t24-,25+,26+/m0/s1. The Balaban J connectivity index is 1.58. The zero-order valence-electron chi connectivity index (χ0n) is 19.7. The van der Waals surface area contributed by atoms with Gasteiger partial charge in [0.15, 0.2) is 0 Å². The van der Waals surface area contributed by atoms with Crippen LogP contribution in [0.5, 0.6) is 5.75 Å². The second-order valence-electron chi connectivity index (χ2n) is 8.68. The van der Waals surface area contributed by atoms with Crippen molar-refractivity contribution in [2.45, 2.75) is 35.7 Å². The van der Waals surface area contributed by atoms with Gasteiger partial charge in [0.2, 0.25) is 10.0 Å². The minimum Gasteiger partial charge on any atom is -0.497 e. The molecule has 0 aliphatic carbocycles. The lowest BCUT2D eigenvalue weighted by Crippen LogP contribution is -2.67. The lowest BCUT2D eigenvalue weighted by molar-refractivity contribution is -0.0553. The summed E-state index contributed by atoms with van der Waals surface area (Å²) in [7, 11) is -0.468. The molecule has 0 spiro atoms. The fourth-order valence-corrected chi connectivity index (χ4v) is 6.52. The summed E-state index contributed by atoms with van der Waals surface area (Å²) in [6.07, 6.45) is 1.68. The SMILES string of the molecule is COCC#Cc1ccc([C@H]2[C@@H](CO)N3CCCCN(S(=O)(=O)c4ccc(OC)cc4)C[C@@H]23)cc1. The summed E-state index contributed by atoms with van der Waals surface area (Å²) in [6.45, 7) is 2.17. The third-order valence-corrected chi connectivity index (χ3v) is 8.65. The smallest absolute Gasteiger partial charge is 0.243 e. The van der Waals surface area contributed by atoms with Crippen LogP contribution < -0.4 is 4.74 Å². The molecule has 4 rings (SSSR count). The zero-order valence-corrected chi connectivity index (χ0v) is 20.5. The van der Waals surface area contributed by atoms with Crippen molar-refractivity contribution in [3.63, 3.8) is 0 Å². The predicted octanol–water partition coefficient (Wildman–Crippen LogP) is 2.31. The maximum absolute atomic E-state index is 13.5. The van der Waals surface area contributed by atoms with E-state index in [4.69, 9.17) is 9.47 Å². The van der Waals surface area contributed by atoms with Crippen molar-refractivity contribution in [2.75, 3.05) is 47.1 Å². The van der Waals surface area contributed by atoms with Crippen molar-refractivity contribution in [2.24, 2.45) is 0 Å². The highest BCUT2D eigenvalue weighted by molar-refractivity contribution is 7.89. The van der Waals surface area contributed by atoms with Crippen LogP contribution in [0, 0.1) is 11.8 Å². The Morgan fingerprint density at radius 2 is 1.74 bits per heavy atom. The van der Waals surface area contributed by atoms with Gasteiger partial charge < -0.3 is 14.6 Å². The Morgan fingerprint density at radius 1 is 1.03 bits per heavy atom. The Morgan fingerprint density at radius 3 is 2.38 bits per heavy atom. The normalized spacial score (nSPS) is 23.6. The monoisotopic (exact) mass is 484 g/mol. The highest BCUT2D eigenvalue weighted by atomic mass is 32.2. The number of nitrogens with zero attached hydrogens (tertiary/aromatic N) is 2. The molecule has 2 aromatic carbocycles. The van der Waals surface area contributed by atoms with Crippen LogP contribution in [-0.2, 0) is 14.8 Å². The number of hydrogen-bond acceptors (Lipinski definition) is 6. The van der Waals surface area contributed by atoms with Gasteiger partial charge in [-0.05, 0) is 61.3 Å².